The lowest BCUT2D eigenvalue weighted by Gasteiger charge is -2.08. The summed E-state index contributed by atoms with van der Waals surface area (Å²) in [7, 11) is -3.66. The Hall–Kier alpha value is -2.71. The number of benzene rings is 2. The number of rotatable bonds is 8. The van der Waals surface area contributed by atoms with Crippen LogP contribution in [0.2, 0.25) is 5.02 Å². The molecule has 1 N–H and O–H groups in total. The van der Waals surface area contributed by atoms with E-state index in [2.05, 4.69) is 5.32 Å². The van der Waals surface area contributed by atoms with E-state index in [0.717, 1.165) is 0 Å². The third kappa shape index (κ3) is 6.47. The van der Waals surface area contributed by atoms with Gasteiger partial charge in [-0.3, -0.25) is 14.4 Å². The van der Waals surface area contributed by atoms with Crippen molar-refractivity contribution in [1.29, 1.82) is 0 Å². The smallest absolute Gasteiger partial charge is 0.307 e. The molecule has 0 unspecified atom stereocenters. The molecule has 0 radical (unpaired) electrons. The maximum Gasteiger partial charge on any atom is 0.307 e. The number of ketones is 1. The van der Waals surface area contributed by atoms with Crippen molar-refractivity contribution in [2.24, 2.45) is 0 Å². The lowest BCUT2D eigenvalue weighted by molar-refractivity contribution is -0.146. The number of carbonyl (C=O) groups is 3. The summed E-state index contributed by atoms with van der Waals surface area (Å²) in [5.74, 6) is -2.01. The van der Waals surface area contributed by atoms with Crippen LogP contribution in [-0.4, -0.2) is 38.4 Å². The molecule has 0 aliphatic carbocycles. The highest BCUT2D eigenvalue weighted by Gasteiger charge is 2.18. The normalized spacial score (nSPS) is 10.9. The predicted octanol–water partition coefficient (Wildman–Crippen LogP) is 2.89. The maximum atomic E-state index is 12.2. The molecule has 148 valence electrons. The van der Waals surface area contributed by atoms with Gasteiger partial charge in [-0.05, 0) is 43.3 Å². The molecule has 1 amide bonds. The Kier molecular flexibility index (Phi) is 7.31. The van der Waals surface area contributed by atoms with E-state index >= 15 is 0 Å². The van der Waals surface area contributed by atoms with Crippen molar-refractivity contribution in [2.75, 3.05) is 17.7 Å². The van der Waals surface area contributed by atoms with Crippen molar-refractivity contribution in [3.63, 3.8) is 0 Å². The summed E-state index contributed by atoms with van der Waals surface area (Å²) < 4.78 is 29.1. The lowest BCUT2D eigenvalue weighted by atomic mass is 10.1. The number of halogens is 1. The Morgan fingerprint density at radius 3 is 2.39 bits per heavy atom. The first kappa shape index (κ1) is 21.6. The number of carbonyl (C=O) groups excluding carboxylic acids is 3. The third-order valence-corrected chi connectivity index (χ3v) is 5.65. The zero-order chi connectivity index (χ0) is 20.7. The van der Waals surface area contributed by atoms with E-state index in [1.54, 1.807) is 18.2 Å². The first-order valence-corrected chi connectivity index (χ1v) is 10.3. The molecule has 0 aromatic heterocycles. The summed E-state index contributed by atoms with van der Waals surface area (Å²) in [6.45, 7) is 0.838. The summed E-state index contributed by atoms with van der Waals surface area (Å²) in [6.07, 6.45) is -0.391. The molecule has 28 heavy (non-hydrogen) atoms. The van der Waals surface area contributed by atoms with E-state index in [-0.39, 0.29) is 10.7 Å². The van der Waals surface area contributed by atoms with E-state index in [9.17, 15) is 22.8 Å². The third-order valence-electron chi connectivity index (χ3n) is 3.66. The SMILES string of the molecule is CC(=O)c1cccc(NC(=O)COC(=O)CCS(=O)(=O)c2ccc(Cl)cc2)c1. The standard InChI is InChI=1S/C19H18ClNO6S/c1-13(22)14-3-2-4-16(11-14)21-18(23)12-27-19(24)9-10-28(25,26)17-7-5-15(20)6-8-17/h2-8,11H,9-10,12H2,1H3,(H,21,23). The highest BCUT2D eigenvalue weighted by molar-refractivity contribution is 7.91. The molecule has 2 rings (SSSR count). The van der Waals surface area contributed by atoms with Crippen LogP contribution in [0.3, 0.4) is 0 Å². The van der Waals surface area contributed by atoms with Crippen molar-refractivity contribution in [1.82, 2.24) is 0 Å². The number of sulfone groups is 1. The molecule has 0 fully saturated rings. The molecular formula is C19H18ClNO6S. The van der Waals surface area contributed by atoms with Gasteiger partial charge in [-0.25, -0.2) is 8.42 Å². The quantitative estimate of drug-likeness (QED) is 0.516. The van der Waals surface area contributed by atoms with Crippen LogP contribution >= 0.6 is 11.6 Å². The molecule has 2 aromatic carbocycles. The summed E-state index contributed by atoms with van der Waals surface area (Å²) in [4.78, 5) is 35.0. The summed E-state index contributed by atoms with van der Waals surface area (Å²) in [5, 5.41) is 2.90. The predicted molar refractivity (Wildman–Crippen MR) is 104 cm³/mol. The van der Waals surface area contributed by atoms with Crippen LogP contribution in [0.15, 0.2) is 53.4 Å². The van der Waals surface area contributed by atoms with Gasteiger partial charge in [0.1, 0.15) is 0 Å². The van der Waals surface area contributed by atoms with E-state index in [1.165, 1.54) is 37.3 Å². The molecule has 0 aliphatic rings. The number of amides is 1. The molecule has 0 bridgehead atoms. The minimum absolute atomic E-state index is 0.0489. The van der Waals surface area contributed by atoms with Crippen LogP contribution in [0.5, 0.6) is 0 Å². The highest BCUT2D eigenvalue weighted by Crippen LogP contribution is 2.16. The van der Waals surface area contributed by atoms with Gasteiger partial charge in [-0.1, -0.05) is 23.7 Å². The van der Waals surface area contributed by atoms with Crippen LogP contribution in [-0.2, 0) is 24.2 Å². The van der Waals surface area contributed by atoms with Crippen LogP contribution in [0, 0.1) is 0 Å². The number of nitrogens with one attached hydrogen (secondary N) is 1. The Morgan fingerprint density at radius 2 is 1.75 bits per heavy atom. The molecule has 9 heteroatoms. The van der Waals surface area contributed by atoms with E-state index in [1.807, 2.05) is 0 Å². The van der Waals surface area contributed by atoms with Crippen LogP contribution in [0.4, 0.5) is 5.69 Å². The monoisotopic (exact) mass is 423 g/mol. The zero-order valence-corrected chi connectivity index (χ0v) is 16.5. The molecule has 2 aromatic rings. The van der Waals surface area contributed by atoms with Crippen molar-refractivity contribution in [3.8, 4) is 0 Å². The number of esters is 1. The van der Waals surface area contributed by atoms with Gasteiger partial charge in [0.2, 0.25) is 0 Å². The van der Waals surface area contributed by atoms with Gasteiger partial charge in [0, 0.05) is 16.3 Å². The Labute approximate surface area is 167 Å². The summed E-state index contributed by atoms with van der Waals surface area (Å²) in [5.41, 5.74) is 0.821. The fraction of sp³-hybridized carbons (Fsp3) is 0.211. The number of anilines is 1. The van der Waals surface area contributed by atoms with Gasteiger partial charge in [-0.2, -0.15) is 0 Å². The minimum Gasteiger partial charge on any atom is -0.456 e. The summed E-state index contributed by atoms with van der Waals surface area (Å²) in [6, 6.07) is 11.9. The van der Waals surface area contributed by atoms with Crippen molar-refractivity contribution in [2.45, 2.75) is 18.2 Å². The zero-order valence-electron chi connectivity index (χ0n) is 15.0. The second kappa shape index (κ2) is 9.48. The molecule has 0 heterocycles. The van der Waals surface area contributed by atoms with E-state index < -0.39 is 40.5 Å². The van der Waals surface area contributed by atoms with Crippen LogP contribution < -0.4 is 5.32 Å². The van der Waals surface area contributed by atoms with E-state index in [4.69, 9.17) is 16.3 Å². The molecule has 0 aliphatic heterocycles. The molecule has 0 spiro atoms. The van der Waals surface area contributed by atoms with E-state index in [0.29, 0.717) is 16.3 Å². The van der Waals surface area contributed by atoms with Crippen molar-refractivity contribution >= 4 is 44.8 Å². The highest BCUT2D eigenvalue weighted by atomic mass is 35.5. The first-order valence-electron chi connectivity index (χ1n) is 8.22. The molecule has 0 saturated carbocycles. The second-order valence-corrected chi connectivity index (χ2v) is 8.41. The molecular weight excluding hydrogens is 406 g/mol. The number of hydrogen-bond donors (Lipinski definition) is 1. The minimum atomic E-state index is -3.66. The molecule has 7 nitrogen and oxygen atoms in total. The van der Waals surface area contributed by atoms with Gasteiger partial charge in [-0.15, -0.1) is 0 Å². The van der Waals surface area contributed by atoms with Gasteiger partial charge < -0.3 is 10.1 Å². The van der Waals surface area contributed by atoms with Crippen molar-refractivity contribution < 1.29 is 27.5 Å². The lowest BCUT2D eigenvalue weighted by Crippen LogP contribution is -2.22. The fourth-order valence-electron chi connectivity index (χ4n) is 2.21. The summed E-state index contributed by atoms with van der Waals surface area (Å²) >= 11 is 5.72. The maximum absolute atomic E-state index is 12.2. The average molecular weight is 424 g/mol. The Morgan fingerprint density at radius 1 is 1.07 bits per heavy atom. The van der Waals surface area contributed by atoms with Gasteiger partial charge in [0.05, 0.1) is 17.1 Å². The number of hydrogen-bond acceptors (Lipinski definition) is 6. The topological polar surface area (TPSA) is 107 Å². The Balaban J connectivity index is 1.82. The fourth-order valence-corrected chi connectivity index (χ4v) is 3.56. The molecule has 0 atom stereocenters. The Bertz CT molecular complexity index is 986. The largest absolute Gasteiger partial charge is 0.456 e. The van der Waals surface area contributed by atoms with Crippen LogP contribution in [0.25, 0.3) is 0 Å². The average Bonchev–Trinajstić information content (AvgIpc) is 2.65. The first-order chi connectivity index (χ1) is 13.2. The van der Waals surface area contributed by atoms with Gasteiger partial charge in [0.25, 0.3) is 5.91 Å². The van der Waals surface area contributed by atoms with Crippen molar-refractivity contribution in [3.05, 3.63) is 59.1 Å². The molecule has 0 saturated heterocycles. The van der Waals surface area contributed by atoms with Crippen LogP contribution in [0.1, 0.15) is 23.7 Å². The van der Waals surface area contributed by atoms with Gasteiger partial charge >= 0.3 is 5.97 Å². The number of ether oxygens (including phenoxy) is 1. The van der Waals surface area contributed by atoms with Gasteiger partial charge in [0.15, 0.2) is 22.2 Å². The number of Topliss-reactive ketones (excluding diaryl/α,β-unsaturated/α-hetero) is 1. The second-order valence-electron chi connectivity index (χ2n) is 5.87.